The molecule has 2 N–H and O–H groups in total. The standard InChI is InChI=1S/C13H15N3O/c1-17-12-5-3-2-4-10(12)6-7-13-15-8-11(14)9-16-13/h2-5,8-9H,6-7,14H2,1H3. The lowest BCUT2D eigenvalue weighted by molar-refractivity contribution is 0.409. The number of methoxy groups -OCH3 is 1. The van der Waals surface area contributed by atoms with E-state index >= 15 is 0 Å². The second kappa shape index (κ2) is 5.30. The van der Waals surface area contributed by atoms with Crippen molar-refractivity contribution in [2.45, 2.75) is 12.8 Å². The SMILES string of the molecule is COc1ccccc1CCc1ncc(N)cn1. The highest BCUT2D eigenvalue weighted by molar-refractivity contribution is 5.34. The summed E-state index contributed by atoms with van der Waals surface area (Å²) >= 11 is 0. The van der Waals surface area contributed by atoms with Crippen LogP contribution in [0.3, 0.4) is 0 Å². The molecule has 0 radical (unpaired) electrons. The van der Waals surface area contributed by atoms with Gasteiger partial charge in [-0.25, -0.2) is 9.97 Å². The molecule has 1 heterocycles. The van der Waals surface area contributed by atoms with Crippen molar-refractivity contribution in [1.29, 1.82) is 0 Å². The molecule has 4 heteroatoms. The number of ether oxygens (including phenoxy) is 1. The largest absolute Gasteiger partial charge is 0.496 e. The quantitative estimate of drug-likeness (QED) is 0.869. The van der Waals surface area contributed by atoms with Gasteiger partial charge >= 0.3 is 0 Å². The molecule has 0 fully saturated rings. The molecule has 0 bridgehead atoms. The normalized spacial score (nSPS) is 10.2. The molecule has 0 aliphatic carbocycles. The van der Waals surface area contributed by atoms with Crippen molar-refractivity contribution in [1.82, 2.24) is 9.97 Å². The highest BCUT2D eigenvalue weighted by atomic mass is 16.5. The van der Waals surface area contributed by atoms with Gasteiger partial charge in [-0.15, -0.1) is 0 Å². The highest BCUT2D eigenvalue weighted by Gasteiger charge is 2.03. The van der Waals surface area contributed by atoms with Gasteiger partial charge in [0.15, 0.2) is 0 Å². The third kappa shape index (κ3) is 2.93. The molecule has 0 saturated heterocycles. The summed E-state index contributed by atoms with van der Waals surface area (Å²) in [7, 11) is 1.68. The first kappa shape index (κ1) is 11.4. The maximum Gasteiger partial charge on any atom is 0.128 e. The van der Waals surface area contributed by atoms with Crippen LogP contribution in [-0.2, 0) is 12.8 Å². The number of nitrogens with zero attached hydrogens (tertiary/aromatic N) is 2. The molecule has 0 aliphatic rings. The monoisotopic (exact) mass is 229 g/mol. The van der Waals surface area contributed by atoms with Gasteiger partial charge in [0, 0.05) is 6.42 Å². The van der Waals surface area contributed by atoms with Crippen LogP contribution in [0, 0.1) is 0 Å². The number of para-hydroxylation sites is 1. The Bertz CT molecular complexity index is 482. The molecule has 2 rings (SSSR count). The molecule has 0 unspecified atom stereocenters. The Morgan fingerprint density at radius 3 is 2.53 bits per heavy atom. The molecule has 0 aliphatic heterocycles. The Labute approximate surface area is 100 Å². The first-order valence-corrected chi connectivity index (χ1v) is 5.48. The molecular weight excluding hydrogens is 214 g/mol. The number of hydrogen-bond donors (Lipinski definition) is 1. The van der Waals surface area contributed by atoms with Crippen LogP contribution in [0.4, 0.5) is 5.69 Å². The zero-order valence-corrected chi connectivity index (χ0v) is 9.76. The Hall–Kier alpha value is -2.10. The van der Waals surface area contributed by atoms with E-state index in [2.05, 4.69) is 16.0 Å². The van der Waals surface area contributed by atoms with Gasteiger partial charge in [-0.2, -0.15) is 0 Å². The van der Waals surface area contributed by atoms with Crippen LogP contribution in [0.25, 0.3) is 0 Å². The van der Waals surface area contributed by atoms with Crippen LogP contribution in [-0.4, -0.2) is 17.1 Å². The number of aromatic nitrogens is 2. The zero-order chi connectivity index (χ0) is 12.1. The maximum atomic E-state index is 5.53. The summed E-state index contributed by atoms with van der Waals surface area (Å²) in [5.74, 6) is 1.70. The van der Waals surface area contributed by atoms with Crippen molar-refractivity contribution < 1.29 is 4.74 Å². The molecule has 88 valence electrons. The second-order valence-corrected chi connectivity index (χ2v) is 3.74. The number of aryl methyl sites for hydroxylation is 2. The Morgan fingerprint density at radius 2 is 1.82 bits per heavy atom. The number of nitrogens with two attached hydrogens (primary N) is 1. The van der Waals surface area contributed by atoms with Crippen molar-refractivity contribution in [3.63, 3.8) is 0 Å². The van der Waals surface area contributed by atoms with Crippen LogP contribution >= 0.6 is 0 Å². The molecule has 1 aromatic heterocycles. The molecule has 1 aromatic carbocycles. The number of nitrogen functional groups attached to an aromatic ring is 1. The second-order valence-electron chi connectivity index (χ2n) is 3.74. The first-order chi connectivity index (χ1) is 8.29. The predicted octanol–water partition coefficient (Wildman–Crippen LogP) is 1.85. The van der Waals surface area contributed by atoms with Gasteiger partial charge in [-0.3, -0.25) is 0 Å². The van der Waals surface area contributed by atoms with Gasteiger partial charge < -0.3 is 10.5 Å². The fourth-order valence-electron chi connectivity index (χ4n) is 1.65. The molecule has 2 aromatic rings. The summed E-state index contributed by atoms with van der Waals surface area (Å²) in [4.78, 5) is 8.34. The van der Waals surface area contributed by atoms with E-state index in [-0.39, 0.29) is 0 Å². The molecule has 0 spiro atoms. The minimum Gasteiger partial charge on any atom is -0.496 e. The molecule has 0 atom stereocenters. The van der Waals surface area contributed by atoms with E-state index in [4.69, 9.17) is 10.5 Å². The van der Waals surface area contributed by atoms with Crippen molar-refractivity contribution in [3.8, 4) is 5.75 Å². The summed E-state index contributed by atoms with van der Waals surface area (Å²) in [6, 6.07) is 7.97. The van der Waals surface area contributed by atoms with Crippen LogP contribution in [0.1, 0.15) is 11.4 Å². The van der Waals surface area contributed by atoms with Gasteiger partial charge in [-0.1, -0.05) is 18.2 Å². The van der Waals surface area contributed by atoms with E-state index in [9.17, 15) is 0 Å². The van der Waals surface area contributed by atoms with E-state index in [0.29, 0.717) is 5.69 Å². The molecule has 4 nitrogen and oxygen atoms in total. The third-order valence-corrected chi connectivity index (χ3v) is 2.54. The summed E-state index contributed by atoms with van der Waals surface area (Å²) in [6.45, 7) is 0. The Balaban J connectivity index is 2.04. The average molecular weight is 229 g/mol. The van der Waals surface area contributed by atoms with Crippen LogP contribution in [0.2, 0.25) is 0 Å². The van der Waals surface area contributed by atoms with E-state index in [1.807, 2.05) is 18.2 Å². The van der Waals surface area contributed by atoms with Crippen molar-refractivity contribution in [2.75, 3.05) is 12.8 Å². The minimum atomic E-state index is 0.589. The fraction of sp³-hybridized carbons (Fsp3) is 0.231. The zero-order valence-electron chi connectivity index (χ0n) is 9.76. The Kier molecular flexibility index (Phi) is 3.55. The van der Waals surface area contributed by atoms with Crippen LogP contribution < -0.4 is 10.5 Å². The summed E-state index contributed by atoms with van der Waals surface area (Å²) < 4.78 is 5.29. The van der Waals surface area contributed by atoms with Gasteiger partial charge in [-0.05, 0) is 18.1 Å². The summed E-state index contributed by atoms with van der Waals surface area (Å²) in [6.07, 6.45) is 4.89. The van der Waals surface area contributed by atoms with E-state index in [1.54, 1.807) is 19.5 Å². The number of anilines is 1. The van der Waals surface area contributed by atoms with Crippen molar-refractivity contribution >= 4 is 5.69 Å². The lowest BCUT2D eigenvalue weighted by atomic mass is 10.1. The van der Waals surface area contributed by atoms with Gasteiger partial charge in [0.2, 0.25) is 0 Å². The van der Waals surface area contributed by atoms with E-state index in [1.165, 1.54) is 0 Å². The van der Waals surface area contributed by atoms with Gasteiger partial charge in [0.25, 0.3) is 0 Å². The molecular formula is C13H15N3O. The molecule has 0 amide bonds. The van der Waals surface area contributed by atoms with Crippen molar-refractivity contribution in [3.05, 3.63) is 48.0 Å². The van der Waals surface area contributed by atoms with Gasteiger partial charge in [0.05, 0.1) is 25.2 Å². The van der Waals surface area contributed by atoms with Crippen LogP contribution in [0.15, 0.2) is 36.7 Å². The van der Waals surface area contributed by atoms with E-state index < -0.39 is 0 Å². The molecule has 0 saturated carbocycles. The minimum absolute atomic E-state index is 0.589. The third-order valence-electron chi connectivity index (χ3n) is 2.54. The fourth-order valence-corrected chi connectivity index (χ4v) is 1.65. The Morgan fingerprint density at radius 1 is 1.12 bits per heavy atom. The summed E-state index contributed by atoms with van der Waals surface area (Å²) in [5, 5.41) is 0. The van der Waals surface area contributed by atoms with E-state index in [0.717, 1.165) is 30.0 Å². The predicted molar refractivity (Wildman–Crippen MR) is 66.8 cm³/mol. The van der Waals surface area contributed by atoms with Crippen molar-refractivity contribution in [2.24, 2.45) is 0 Å². The lowest BCUT2D eigenvalue weighted by Crippen LogP contribution is -2.00. The van der Waals surface area contributed by atoms with Crippen LogP contribution in [0.5, 0.6) is 5.75 Å². The molecule has 17 heavy (non-hydrogen) atoms. The smallest absolute Gasteiger partial charge is 0.128 e. The highest BCUT2D eigenvalue weighted by Crippen LogP contribution is 2.18. The summed E-state index contributed by atoms with van der Waals surface area (Å²) in [5.41, 5.74) is 7.29. The first-order valence-electron chi connectivity index (χ1n) is 5.48. The number of rotatable bonds is 4. The van der Waals surface area contributed by atoms with Gasteiger partial charge in [0.1, 0.15) is 11.6 Å². The number of benzene rings is 1. The topological polar surface area (TPSA) is 61.0 Å². The maximum absolute atomic E-state index is 5.53. The average Bonchev–Trinajstić information content (AvgIpc) is 2.38. The lowest BCUT2D eigenvalue weighted by Gasteiger charge is -2.07. The number of hydrogen-bond acceptors (Lipinski definition) is 4.